The van der Waals surface area contributed by atoms with Crippen LogP contribution in [0.5, 0.6) is 0 Å². The minimum Gasteiger partial charge on any atom is -0.460 e. The fraction of sp³-hybridized carbons (Fsp3) is 0.467. The second-order valence-corrected chi connectivity index (χ2v) is 7.09. The smallest absolute Gasteiger partial charge is 0.307 e. The van der Waals surface area contributed by atoms with Crippen molar-refractivity contribution < 1.29 is 9.53 Å². The fourth-order valence-electron chi connectivity index (χ4n) is 2.16. The highest BCUT2D eigenvalue weighted by molar-refractivity contribution is 9.10. The van der Waals surface area contributed by atoms with Gasteiger partial charge < -0.3 is 4.74 Å². The van der Waals surface area contributed by atoms with Gasteiger partial charge in [-0.3, -0.25) is 10.2 Å². The number of carbonyl (C=O) groups excluding carboxylic acids is 1. The van der Waals surface area contributed by atoms with Gasteiger partial charge in [-0.25, -0.2) is 5.53 Å². The van der Waals surface area contributed by atoms with Crippen LogP contribution >= 0.6 is 15.9 Å². The van der Waals surface area contributed by atoms with Gasteiger partial charge in [0, 0.05) is 10.4 Å². The summed E-state index contributed by atoms with van der Waals surface area (Å²) in [5.74, 6) is 0.387. The molecule has 22 heavy (non-hydrogen) atoms. The van der Waals surface area contributed by atoms with Gasteiger partial charge in [0.05, 0.1) is 6.42 Å². The second-order valence-electron chi connectivity index (χ2n) is 6.18. The molecule has 0 amide bonds. The van der Waals surface area contributed by atoms with Gasteiger partial charge in [0.2, 0.25) is 0 Å². The Labute approximate surface area is 138 Å². The number of hydrazine groups is 2. The van der Waals surface area contributed by atoms with Crippen molar-refractivity contribution >= 4 is 27.7 Å². The fourth-order valence-corrected chi connectivity index (χ4v) is 2.42. The van der Waals surface area contributed by atoms with Gasteiger partial charge >= 0.3 is 5.97 Å². The number of nitrogens with zero attached hydrogens (tertiary/aromatic N) is 1. The number of ether oxygens (including phenoxy) is 1. The van der Waals surface area contributed by atoms with Gasteiger partial charge in [0.15, 0.2) is 0 Å². The Morgan fingerprint density at radius 3 is 2.55 bits per heavy atom. The lowest BCUT2D eigenvalue weighted by atomic mass is 9.95. The van der Waals surface area contributed by atoms with E-state index in [2.05, 4.69) is 37.5 Å². The van der Waals surface area contributed by atoms with Crippen molar-refractivity contribution in [2.45, 2.75) is 39.2 Å². The molecule has 0 aromatic heterocycles. The van der Waals surface area contributed by atoms with Gasteiger partial charge in [0.1, 0.15) is 11.4 Å². The Bertz CT molecular complexity index is 552. The average molecular weight is 369 g/mol. The van der Waals surface area contributed by atoms with Gasteiger partial charge in [-0.1, -0.05) is 28.1 Å². The molecule has 0 bridgehead atoms. The molecule has 1 aromatic rings. The monoisotopic (exact) mass is 368 g/mol. The van der Waals surface area contributed by atoms with E-state index in [0.717, 1.165) is 10.0 Å². The van der Waals surface area contributed by atoms with Gasteiger partial charge in [0.25, 0.3) is 0 Å². The van der Waals surface area contributed by atoms with E-state index in [9.17, 15) is 4.79 Å². The third-order valence-corrected chi connectivity index (χ3v) is 3.57. The average Bonchev–Trinajstić information content (AvgIpc) is 2.92. The number of rotatable bonds is 5. The molecular formula is C15H21BrN4O2. The first kappa shape index (κ1) is 16.8. The Morgan fingerprint density at radius 1 is 1.32 bits per heavy atom. The van der Waals surface area contributed by atoms with Crippen LogP contribution in [0, 0.1) is 5.92 Å². The quantitative estimate of drug-likeness (QED) is 0.695. The topological polar surface area (TPSA) is 74.8 Å². The van der Waals surface area contributed by atoms with E-state index in [0.29, 0.717) is 12.3 Å². The van der Waals surface area contributed by atoms with Crippen LogP contribution in [0.3, 0.4) is 0 Å². The molecule has 0 saturated heterocycles. The molecule has 0 saturated carbocycles. The summed E-state index contributed by atoms with van der Waals surface area (Å²) < 4.78 is 6.44. The molecule has 3 N–H and O–H groups in total. The number of halogens is 1. The number of hydrogen-bond acceptors (Lipinski definition) is 6. The van der Waals surface area contributed by atoms with E-state index in [-0.39, 0.29) is 18.3 Å². The number of amidine groups is 1. The summed E-state index contributed by atoms with van der Waals surface area (Å²) in [6.45, 7) is 5.59. The molecule has 1 aromatic carbocycles. The van der Waals surface area contributed by atoms with Crippen molar-refractivity contribution in [1.29, 1.82) is 0 Å². The molecule has 2 rings (SSSR count). The molecule has 1 aliphatic heterocycles. The third-order valence-electron chi connectivity index (χ3n) is 3.04. The van der Waals surface area contributed by atoms with Gasteiger partial charge in [-0.2, -0.15) is 0 Å². The SMILES string of the molecule is CC(C)(C)OC(=O)C[C@@H](Cc1ccc(Br)cc1)C1=NNNN1. The van der Waals surface area contributed by atoms with E-state index in [1.165, 1.54) is 0 Å². The molecule has 1 aliphatic rings. The number of benzene rings is 1. The minimum absolute atomic E-state index is 0.0847. The van der Waals surface area contributed by atoms with Crippen LogP contribution in [-0.4, -0.2) is 17.4 Å². The first-order valence-electron chi connectivity index (χ1n) is 7.13. The first-order chi connectivity index (χ1) is 10.3. The molecule has 7 heteroatoms. The Morgan fingerprint density at radius 2 is 2.00 bits per heavy atom. The highest BCUT2D eigenvalue weighted by atomic mass is 79.9. The van der Waals surface area contributed by atoms with Crippen LogP contribution < -0.4 is 16.5 Å². The zero-order valence-electron chi connectivity index (χ0n) is 12.9. The molecule has 0 spiro atoms. The predicted octanol–water partition coefficient (Wildman–Crippen LogP) is 2.27. The molecule has 120 valence electrons. The third kappa shape index (κ3) is 5.31. The normalized spacial score (nSPS) is 15.5. The summed E-state index contributed by atoms with van der Waals surface area (Å²) in [6.07, 6.45) is 0.963. The zero-order chi connectivity index (χ0) is 16.2. The van der Waals surface area contributed by atoms with Gasteiger partial charge in [-0.15, -0.1) is 10.6 Å². The van der Waals surface area contributed by atoms with Crippen LogP contribution in [-0.2, 0) is 16.0 Å². The zero-order valence-corrected chi connectivity index (χ0v) is 14.5. The van der Waals surface area contributed by atoms with Crippen LogP contribution in [0.2, 0.25) is 0 Å². The molecule has 6 nitrogen and oxygen atoms in total. The largest absolute Gasteiger partial charge is 0.460 e. The highest BCUT2D eigenvalue weighted by Gasteiger charge is 2.26. The molecule has 0 unspecified atom stereocenters. The van der Waals surface area contributed by atoms with Crippen molar-refractivity contribution in [1.82, 2.24) is 16.5 Å². The first-order valence-corrected chi connectivity index (χ1v) is 7.93. The summed E-state index contributed by atoms with van der Waals surface area (Å²) in [7, 11) is 0. The number of carbonyl (C=O) groups is 1. The lowest BCUT2D eigenvalue weighted by molar-refractivity contribution is -0.155. The minimum atomic E-state index is -0.485. The van der Waals surface area contributed by atoms with E-state index in [4.69, 9.17) is 4.74 Å². The molecule has 0 radical (unpaired) electrons. The Balaban J connectivity index is 2.06. The summed E-state index contributed by atoms with van der Waals surface area (Å²) in [5.41, 5.74) is 8.92. The maximum Gasteiger partial charge on any atom is 0.307 e. The standard InChI is InChI=1S/C15H21BrN4O2/c1-15(2,3)22-13(21)9-11(14-17-19-20-18-14)8-10-4-6-12(16)7-5-10/h4-7,11,19-20H,8-9H2,1-3H3,(H,17,18)/t11-/m1/s1. The molecule has 0 fully saturated rings. The van der Waals surface area contributed by atoms with Crippen LogP contribution in [0.4, 0.5) is 0 Å². The summed E-state index contributed by atoms with van der Waals surface area (Å²) in [4.78, 5) is 12.1. The van der Waals surface area contributed by atoms with Crippen LogP contribution in [0.15, 0.2) is 33.8 Å². The number of nitrogens with one attached hydrogen (secondary N) is 3. The van der Waals surface area contributed by atoms with Gasteiger partial charge in [-0.05, 0) is 44.9 Å². The maximum absolute atomic E-state index is 12.1. The summed E-state index contributed by atoms with van der Waals surface area (Å²) in [6, 6.07) is 8.03. The van der Waals surface area contributed by atoms with Crippen LogP contribution in [0.25, 0.3) is 0 Å². The Kier molecular flexibility index (Phi) is 5.42. The number of hydrazone groups is 1. The van der Waals surface area contributed by atoms with E-state index >= 15 is 0 Å². The maximum atomic E-state index is 12.1. The van der Waals surface area contributed by atoms with Crippen molar-refractivity contribution in [2.24, 2.45) is 11.0 Å². The molecule has 0 aliphatic carbocycles. The van der Waals surface area contributed by atoms with Crippen molar-refractivity contribution in [3.8, 4) is 0 Å². The van der Waals surface area contributed by atoms with Crippen LogP contribution in [0.1, 0.15) is 32.8 Å². The molecule has 1 atom stereocenters. The van der Waals surface area contributed by atoms with Crippen molar-refractivity contribution in [3.63, 3.8) is 0 Å². The van der Waals surface area contributed by atoms with E-state index < -0.39 is 5.60 Å². The highest BCUT2D eigenvalue weighted by Crippen LogP contribution is 2.19. The van der Waals surface area contributed by atoms with E-state index in [1.807, 2.05) is 45.0 Å². The molecular weight excluding hydrogens is 348 g/mol. The second kappa shape index (κ2) is 7.11. The van der Waals surface area contributed by atoms with E-state index in [1.54, 1.807) is 0 Å². The number of hydrogen-bond donors (Lipinski definition) is 3. The lowest BCUT2D eigenvalue weighted by Gasteiger charge is -2.22. The Hall–Kier alpha value is -1.60. The summed E-state index contributed by atoms with van der Waals surface area (Å²) in [5, 5.41) is 4.13. The van der Waals surface area contributed by atoms with Crippen molar-refractivity contribution in [3.05, 3.63) is 34.3 Å². The number of esters is 1. The predicted molar refractivity (Wildman–Crippen MR) is 88.6 cm³/mol. The van der Waals surface area contributed by atoms with Crippen molar-refractivity contribution in [2.75, 3.05) is 0 Å². The summed E-state index contributed by atoms with van der Waals surface area (Å²) >= 11 is 3.42. The molecule has 1 heterocycles. The lowest BCUT2D eigenvalue weighted by Crippen LogP contribution is -2.39.